The van der Waals surface area contributed by atoms with E-state index >= 15 is 0 Å². The fraction of sp³-hybridized carbons (Fsp3) is 0.227. The molecule has 0 aliphatic rings. The number of rotatable bonds is 6. The Labute approximate surface area is 157 Å². The summed E-state index contributed by atoms with van der Waals surface area (Å²) < 4.78 is 3.22. The number of nitrogens with zero attached hydrogens (tertiary/aromatic N) is 4. The fourth-order valence-electron chi connectivity index (χ4n) is 3.31. The van der Waals surface area contributed by atoms with E-state index in [2.05, 4.69) is 23.6 Å². The number of fused-ring (bicyclic) bond motifs is 3. The Morgan fingerprint density at radius 3 is 2.63 bits per heavy atom. The number of unbranched alkanes of at least 4 members (excludes halogenated alkanes) is 1. The largest absolute Gasteiger partial charge is 0.351 e. The van der Waals surface area contributed by atoms with Gasteiger partial charge in [0.1, 0.15) is 0 Å². The number of hydrogen-bond acceptors (Lipinski definition) is 3. The maximum atomic E-state index is 13.2. The molecule has 0 unspecified atom stereocenters. The first kappa shape index (κ1) is 17.2. The molecule has 0 aliphatic carbocycles. The van der Waals surface area contributed by atoms with E-state index in [0.717, 1.165) is 47.1 Å². The molecule has 136 valence electrons. The van der Waals surface area contributed by atoms with Crippen LogP contribution in [0.15, 0.2) is 59.9 Å². The van der Waals surface area contributed by atoms with Gasteiger partial charge in [-0.1, -0.05) is 62.4 Å². The highest BCUT2D eigenvalue weighted by atomic mass is 16.2. The highest BCUT2D eigenvalue weighted by Crippen LogP contribution is 2.18. The van der Waals surface area contributed by atoms with Crippen molar-refractivity contribution in [3.63, 3.8) is 0 Å². The maximum Gasteiger partial charge on any atom is 0.351 e. The molecule has 0 bridgehead atoms. The van der Waals surface area contributed by atoms with Crippen LogP contribution in [-0.4, -0.2) is 19.2 Å². The minimum atomic E-state index is -0.160. The first-order valence-electron chi connectivity index (χ1n) is 9.30. The fourth-order valence-corrected chi connectivity index (χ4v) is 3.31. The van der Waals surface area contributed by atoms with Gasteiger partial charge in [-0.3, -0.25) is 4.57 Å². The topological polar surface area (TPSA) is 52.2 Å². The van der Waals surface area contributed by atoms with Crippen molar-refractivity contribution >= 4 is 22.6 Å². The number of benzene rings is 2. The van der Waals surface area contributed by atoms with Gasteiger partial charge in [0, 0.05) is 11.8 Å². The second-order valence-corrected chi connectivity index (χ2v) is 6.70. The molecule has 0 N–H and O–H groups in total. The molecule has 0 atom stereocenters. The quantitative estimate of drug-likeness (QED) is 0.522. The molecule has 4 rings (SSSR count). The van der Waals surface area contributed by atoms with E-state index in [9.17, 15) is 4.79 Å². The van der Waals surface area contributed by atoms with E-state index < -0.39 is 0 Å². The highest BCUT2D eigenvalue weighted by molar-refractivity contribution is 5.91. The van der Waals surface area contributed by atoms with E-state index in [4.69, 9.17) is 0 Å². The van der Waals surface area contributed by atoms with Crippen LogP contribution < -0.4 is 5.69 Å². The molecule has 0 saturated carbocycles. The molecule has 2 aromatic heterocycles. The average Bonchev–Trinajstić information content (AvgIpc) is 3.15. The zero-order chi connectivity index (χ0) is 18.8. The smallest absolute Gasteiger partial charge is 0.287 e. The Hall–Kier alpha value is -3.21. The summed E-state index contributed by atoms with van der Waals surface area (Å²) in [6, 6.07) is 15.9. The lowest BCUT2D eigenvalue weighted by molar-refractivity contribution is 0.697. The van der Waals surface area contributed by atoms with E-state index in [1.807, 2.05) is 54.6 Å². The minimum Gasteiger partial charge on any atom is -0.287 e. The van der Waals surface area contributed by atoms with Crippen LogP contribution in [0.25, 0.3) is 22.6 Å². The molecular formula is C22H22N4O. The summed E-state index contributed by atoms with van der Waals surface area (Å²) in [5.74, 6) is 0.729. The first-order valence-corrected chi connectivity index (χ1v) is 9.30. The molecule has 0 aliphatic heterocycles. The molecule has 5 nitrogen and oxygen atoms in total. The summed E-state index contributed by atoms with van der Waals surface area (Å²) >= 11 is 0. The molecule has 0 fully saturated rings. The van der Waals surface area contributed by atoms with Crippen LogP contribution in [-0.2, 0) is 13.0 Å². The summed E-state index contributed by atoms with van der Waals surface area (Å²) in [7, 11) is 0. The lowest BCUT2D eigenvalue weighted by Crippen LogP contribution is -2.28. The van der Waals surface area contributed by atoms with Gasteiger partial charge < -0.3 is 0 Å². The summed E-state index contributed by atoms with van der Waals surface area (Å²) in [5, 5.41) is 5.43. The van der Waals surface area contributed by atoms with E-state index in [-0.39, 0.29) is 5.69 Å². The van der Waals surface area contributed by atoms with Gasteiger partial charge in [-0.2, -0.15) is 4.52 Å². The van der Waals surface area contributed by atoms with Crippen LogP contribution in [0.4, 0.5) is 0 Å². The number of para-hydroxylation sites is 1. The van der Waals surface area contributed by atoms with Crippen molar-refractivity contribution in [2.45, 2.75) is 32.7 Å². The van der Waals surface area contributed by atoms with E-state index in [0.29, 0.717) is 12.2 Å². The van der Waals surface area contributed by atoms with Crippen LogP contribution >= 0.6 is 0 Å². The SMILES string of the molecule is C=Cc1ccc(Cn2c(=O)n3nc(CCCC)nc3c3ccccc32)cc1. The summed E-state index contributed by atoms with van der Waals surface area (Å²) in [5.41, 5.74) is 3.46. The van der Waals surface area contributed by atoms with Crippen molar-refractivity contribution in [2.24, 2.45) is 0 Å². The Balaban J connectivity index is 1.88. The predicted octanol–water partition coefficient (Wildman–Crippen LogP) is 4.08. The minimum absolute atomic E-state index is 0.160. The molecular weight excluding hydrogens is 336 g/mol. The Bertz CT molecular complexity index is 1170. The van der Waals surface area contributed by atoms with Crippen molar-refractivity contribution in [1.82, 2.24) is 19.2 Å². The normalized spacial score (nSPS) is 11.3. The van der Waals surface area contributed by atoms with Crippen LogP contribution in [0.1, 0.15) is 36.7 Å². The zero-order valence-corrected chi connectivity index (χ0v) is 15.4. The van der Waals surface area contributed by atoms with Crippen molar-refractivity contribution in [2.75, 3.05) is 0 Å². The summed E-state index contributed by atoms with van der Waals surface area (Å²) in [6.45, 7) is 6.40. The van der Waals surface area contributed by atoms with Gasteiger partial charge in [0.05, 0.1) is 12.1 Å². The molecule has 0 amide bonds. The molecule has 0 radical (unpaired) electrons. The van der Waals surface area contributed by atoms with Gasteiger partial charge in [0.2, 0.25) is 0 Å². The lowest BCUT2D eigenvalue weighted by Gasteiger charge is -2.11. The Kier molecular flexibility index (Phi) is 4.59. The number of aromatic nitrogens is 4. The summed E-state index contributed by atoms with van der Waals surface area (Å²) in [4.78, 5) is 17.8. The number of hydrogen-bond donors (Lipinski definition) is 0. The molecule has 0 saturated heterocycles. The van der Waals surface area contributed by atoms with Crippen LogP contribution in [0.2, 0.25) is 0 Å². The lowest BCUT2D eigenvalue weighted by atomic mass is 10.1. The van der Waals surface area contributed by atoms with Crippen LogP contribution in [0.5, 0.6) is 0 Å². The summed E-state index contributed by atoms with van der Waals surface area (Å²) in [6.07, 6.45) is 4.68. The van der Waals surface area contributed by atoms with Crippen molar-refractivity contribution in [3.8, 4) is 0 Å². The van der Waals surface area contributed by atoms with Gasteiger partial charge >= 0.3 is 5.69 Å². The van der Waals surface area contributed by atoms with Crippen LogP contribution in [0.3, 0.4) is 0 Å². The van der Waals surface area contributed by atoms with Crippen molar-refractivity contribution in [1.29, 1.82) is 0 Å². The predicted molar refractivity (Wildman–Crippen MR) is 109 cm³/mol. The van der Waals surface area contributed by atoms with Gasteiger partial charge in [0.25, 0.3) is 0 Å². The molecule has 27 heavy (non-hydrogen) atoms. The first-order chi connectivity index (χ1) is 13.2. The molecule has 2 aromatic carbocycles. The average molecular weight is 358 g/mol. The Morgan fingerprint density at radius 1 is 1.11 bits per heavy atom. The molecule has 4 aromatic rings. The third-order valence-electron chi connectivity index (χ3n) is 4.81. The standard InChI is InChI=1S/C22H22N4O/c1-3-5-10-20-23-21-18-8-6-7-9-19(18)25(22(27)26(21)24-20)15-17-13-11-16(4-2)12-14-17/h4,6-9,11-14H,2-3,5,10,15H2,1H3. The van der Waals surface area contributed by atoms with Crippen molar-refractivity contribution in [3.05, 3.63) is 82.5 Å². The molecule has 2 heterocycles. The molecule has 5 heteroatoms. The second-order valence-electron chi connectivity index (χ2n) is 6.70. The van der Waals surface area contributed by atoms with Gasteiger partial charge in [0.15, 0.2) is 11.5 Å². The van der Waals surface area contributed by atoms with Crippen LogP contribution in [0, 0.1) is 0 Å². The van der Waals surface area contributed by atoms with Gasteiger partial charge in [-0.25, -0.2) is 9.78 Å². The third-order valence-corrected chi connectivity index (χ3v) is 4.81. The van der Waals surface area contributed by atoms with E-state index in [1.165, 1.54) is 4.52 Å². The van der Waals surface area contributed by atoms with Gasteiger partial charge in [-0.05, 0) is 29.7 Å². The second kappa shape index (κ2) is 7.19. The number of aryl methyl sites for hydroxylation is 1. The maximum absolute atomic E-state index is 13.2. The monoisotopic (exact) mass is 358 g/mol. The van der Waals surface area contributed by atoms with Gasteiger partial charge in [-0.15, -0.1) is 5.10 Å². The highest BCUT2D eigenvalue weighted by Gasteiger charge is 2.14. The third kappa shape index (κ3) is 3.16. The molecule has 0 spiro atoms. The zero-order valence-electron chi connectivity index (χ0n) is 15.4. The van der Waals surface area contributed by atoms with Crippen molar-refractivity contribution < 1.29 is 0 Å². The van der Waals surface area contributed by atoms with E-state index in [1.54, 1.807) is 4.57 Å². The Morgan fingerprint density at radius 2 is 1.89 bits per heavy atom.